The molecule has 1 aliphatic carbocycles. The van der Waals surface area contributed by atoms with E-state index in [1.54, 1.807) is 18.2 Å². The second-order valence-corrected chi connectivity index (χ2v) is 7.09. The molecule has 0 aliphatic heterocycles. The van der Waals surface area contributed by atoms with Gasteiger partial charge in [-0.1, -0.05) is 12.1 Å². The summed E-state index contributed by atoms with van der Waals surface area (Å²) in [7, 11) is 0. The first-order chi connectivity index (χ1) is 12.1. The minimum absolute atomic E-state index is 0.0900. The molecule has 128 valence electrons. The monoisotopic (exact) mass is 357 g/mol. The summed E-state index contributed by atoms with van der Waals surface area (Å²) in [6, 6.07) is 8.23. The third kappa shape index (κ3) is 3.32. The molecule has 1 N–H and O–H groups in total. The summed E-state index contributed by atoms with van der Waals surface area (Å²) < 4.78 is 14.4. The molecule has 2 aromatic heterocycles. The number of benzene rings is 1. The summed E-state index contributed by atoms with van der Waals surface area (Å²) in [5, 5.41) is 5.39. The van der Waals surface area contributed by atoms with Gasteiger partial charge in [0.1, 0.15) is 10.6 Å². The van der Waals surface area contributed by atoms with Crippen molar-refractivity contribution in [2.75, 3.05) is 0 Å². The highest BCUT2D eigenvalue weighted by molar-refractivity contribution is 7.16. The van der Waals surface area contributed by atoms with Crippen molar-refractivity contribution < 1.29 is 9.18 Å². The number of fused-ring (bicyclic) bond motifs is 1. The third-order valence-corrected chi connectivity index (χ3v) is 5.29. The number of aryl methyl sites for hydroxylation is 1. The predicted molar refractivity (Wildman–Crippen MR) is 94.2 cm³/mol. The Labute approximate surface area is 147 Å². The van der Waals surface area contributed by atoms with E-state index in [4.69, 9.17) is 0 Å². The lowest BCUT2D eigenvalue weighted by Crippen LogP contribution is -2.29. The van der Waals surface area contributed by atoms with Gasteiger partial charge in [0.2, 0.25) is 5.91 Å². The topological polar surface area (TPSA) is 64.0 Å². The minimum Gasteiger partial charge on any atom is -0.353 e. The van der Waals surface area contributed by atoms with Crippen LogP contribution in [0.2, 0.25) is 0 Å². The van der Waals surface area contributed by atoms with Crippen LogP contribution in [0.15, 0.2) is 46.8 Å². The maximum absolute atomic E-state index is 12.9. The number of rotatable bonds is 5. The van der Waals surface area contributed by atoms with Gasteiger partial charge >= 0.3 is 0 Å². The summed E-state index contributed by atoms with van der Waals surface area (Å²) in [5.74, 6) is -0.102. The number of hydrogen-bond donors (Lipinski definition) is 1. The molecule has 0 unspecified atom stereocenters. The normalized spacial score (nSPS) is 19.1. The highest BCUT2D eigenvalue weighted by Gasteiger charge is 2.39. The van der Waals surface area contributed by atoms with E-state index < -0.39 is 0 Å². The number of carbonyl (C=O) groups excluding carboxylic acids is 1. The Kier molecular flexibility index (Phi) is 4.09. The van der Waals surface area contributed by atoms with Crippen LogP contribution < -0.4 is 10.9 Å². The van der Waals surface area contributed by atoms with Crippen molar-refractivity contribution in [3.63, 3.8) is 0 Å². The number of amides is 1. The fourth-order valence-electron chi connectivity index (χ4n) is 2.99. The molecule has 7 heteroatoms. The van der Waals surface area contributed by atoms with E-state index >= 15 is 0 Å². The summed E-state index contributed by atoms with van der Waals surface area (Å²) in [6.45, 7) is 0.303. The molecule has 3 aromatic rings. The molecular weight excluding hydrogens is 341 g/mol. The summed E-state index contributed by atoms with van der Waals surface area (Å²) in [5.41, 5.74) is 0.921. The van der Waals surface area contributed by atoms with Crippen LogP contribution >= 0.6 is 11.3 Å². The number of hydrogen-bond acceptors (Lipinski definition) is 4. The molecule has 1 fully saturated rings. The molecule has 25 heavy (non-hydrogen) atoms. The SMILES string of the molecule is O=C(CCn1cnc2sccc2c1=O)N[C@@H]1C[C@H]1c1ccc(F)cc1. The van der Waals surface area contributed by atoms with E-state index in [1.807, 2.05) is 5.38 Å². The van der Waals surface area contributed by atoms with Crippen molar-refractivity contribution in [1.29, 1.82) is 0 Å². The first-order valence-electron chi connectivity index (χ1n) is 8.09. The van der Waals surface area contributed by atoms with Crippen LogP contribution in [0, 0.1) is 5.82 Å². The van der Waals surface area contributed by atoms with Crippen molar-refractivity contribution in [2.24, 2.45) is 0 Å². The van der Waals surface area contributed by atoms with Crippen LogP contribution in [0.1, 0.15) is 24.3 Å². The van der Waals surface area contributed by atoms with E-state index in [9.17, 15) is 14.0 Å². The number of nitrogens with one attached hydrogen (secondary N) is 1. The fourth-order valence-corrected chi connectivity index (χ4v) is 3.71. The lowest BCUT2D eigenvalue weighted by Gasteiger charge is -2.07. The third-order valence-electron chi connectivity index (χ3n) is 4.47. The number of nitrogens with zero attached hydrogens (tertiary/aromatic N) is 2. The van der Waals surface area contributed by atoms with Crippen molar-refractivity contribution in [3.05, 3.63) is 63.8 Å². The molecule has 0 saturated heterocycles. The van der Waals surface area contributed by atoms with E-state index in [0.717, 1.165) is 12.0 Å². The zero-order valence-corrected chi connectivity index (χ0v) is 14.1. The van der Waals surface area contributed by atoms with Crippen molar-refractivity contribution in [1.82, 2.24) is 14.9 Å². The van der Waals surface area contributed by atoms with Gasteiger partial charge in [-0.3, -0.25) is 14.2 Å². The molecule has 4 rings (SSSR count). The molecule has 0 spiro atoms. The van der Waals surface area contributed by atoms with E-state index in [-0.39, 0.29) is 35.7 Å². The predicted octanol–water partition coefficient (Wildman–Crippen LogP) is 2.66. The highest BCUT2D eigenvalue weighted by Crippen LogP contribution is 2.40. The summed E-state index contributed by atoms with van der Waals surface area (Å²) in [4.78, 5) is 29.3. The zero-order valence-electron chi connectivity index (χ0n) is 13.3. The maximum atomic E-state index is 12.9. The van der Waals surface area contributed by atoms with Gasteiger partial charge in [0.05, 0.1) is 11.7 Å². The van der Waals surface area contributed by atoms with E-state index in [1.165, 1.54) is 34.4 Å². The average molecular weight is 357 g/mol. The number of carbonyl (C=O) groups is 1. The second kappa shape index (κ2) is 6.40. The Hall–Kier alpha value is -2.54. The van der Waals surface area contributed by atoms with Gasteiger partial charge in [-0.2, -0.15) is 0 Å². The lowest BCUT2D eigenvalue weighted by atomic mass is 10.1. The molecule has 1 aromatic carbocycles. The van der Waals surface area contributed by atoms with Gasteiger partial charge in [0.15, 0.2) is 0 Å². The van der Waals surface area contributed by atoms with Gasteiger partial charge in [0, 0.05) is 24.9 Å². The zero-order chi connectivity index (χ0) is 17.4. The molecule has 0 bridgehead atoms. The van der Waals surface area contributed by atoms with Crippen LogP contribution in [-0.4, -0.2) is 21.5 Å². The lowest BCUT2D eigenvalue weighted by molar-refractivity contribution is -0.121. The first-order valence-corrected chi connectivity index (χ1v) is 8.97. The Bertz CT molecular complexity index is 980. The molecule has 1 aliphatic rings. The molecule has 0 radical (unpaired) electrons. The maximum Gasteiger partial charge on any atom is 0.262 e. The van der Waals surface area contributed by atoms with Gasteiger partial charge in [-0.15, -0.1) is 11.3 Å². The molecule has 5 nitrogen and oxygen atoms in total. The van der Waals surface area contributed by atoms with Crippen LogP contribution in [0.3, 0.4) is 0 Å². The Morgan fingerprint density at radius 1 is 1.32 bits per heavy atom. The van der Waals surface area contributed by atoms with Crippen molar-refractivity contribution in [3.8, 4) is 0 Å². The average Bonchev–Trinajstić information content (AvgIpc) is 3.18. The van der Waals surface area contributed by atoms with Gasteiger partial charge in [-0.05, 0) is 35.6 Å². The van der Waals surface area contributed by atoms with Gasteiger partial charge in [-0.25, -0.2) is 9.37 Å². The quantitative estimate of drug-likeness (QED) is 0.764. The van der Waals surface area contributed by atoms with Crippen LogP contribution in [-0.2, 0) is 11.3 Å². The summed E-state index contributed by atoms with van der Waals surface area (Å²) in [6.07, 6.45) is 2.58. The van der Waals surface area contributed by atoms with Crippen molar-refractivity contribution in [2.45, 2.75) is 31.3 Å². The largest absolute Gasteiger partial charge is 0.353 e. The van der Waals surface area contributed by atoms with Gasteiger partial charge in [0.25, 0.3) is 5.56 Å². The molecular formula is C18H16FN3O2S. The van der Waals surface area contributed by atoms with E-state index in [0.29, 0.717) is 16.8 Å². The standard InChI is InChI=1S/C18H16FN3O2S/c19-12-3-1-11(2-4-12)14-9-15(14)21-16(23)5-7-22-10-20-17-13(18(22)24)6-8-25-17/h1-4,6,8,10,14-15H,5,7,9H2,(H,21,23)/t14-,15+/m0/s1. The smallest absolute Gasteiger partial charge is 0.262 e. The Morgan fingerprint density at radius 2 is 2.12 bits per heavy atom. The van der Waals surface area contributed by atoms with Gasteiger partial charge < -0.3 is 5.32 Å². The van der Waals surface area contributed by atoms with Crippen LogP contribution in [0.4, 0.5) is 4.39 Å². The highest BCUT2D eigenvalue weighted by atomic mass is 32.1. The Morgan fingerprint density at radius 3 is 2.92 bits per heavy atom. The van der Waals surface area contributed by atoms with E-state index in [2.05, 4.69) is 10.3 Å². The summed E-state index contributed by atoms with van der Waals surface area (Å²) >= 11 is 1.42. The number of halogens is 1. The Balaban J connectivity index is 1.33. The second-order valence-electron chi connectivity index (χ2n) is 6.20. The molecule has 2 atom stereocenters. The number of aromatic nitrogens is 2. The van der Waals surface area contributed by atoms with Crippen molar-refractivity contribution >= 4 is 27.5 Å². The minimum atomic E-state index is -0.258. The number of thiophene rings is 1. The molecule has 1 amide bonds. The fraction of sp³-hybridized carbons (Fsp3) is 0.278. The van der Waals surface area contributed by atoms with Crippen LogP contribution in [0.25, 0.3) is 10.2 Å². The molecule has 1 saturated carbocycles. The first kappa shape index (κ1) is 16.0. The molecule has 2 heterocycles. The van der Waals surface area contributed by atoms with Crippen LogP contribution in [0.5, 0.6) is 0 Å².